The Labute approximate surface area is 156 Å². The highest BCUT2D eigenvalue weighted by Gasteiger charge is 2.36. The van der Waals surface area contributed by atoms with Crippen molar-refractivity contribution in [1.29, 1.82) is 5.26 Å². The maximum Gasteiger partial charge on any atom is 0.328 e. The Hall–Kier alpha value is -2.73. The molecule has 26 heavy (non-hydrogen) atoms. The first-order valence-corrected chi connectivity index (χ1v) is 9.12. The number of anilines is 3. The van der Waals surface area contributed by atoms with Crippen molar-refractivity contribution in [2.75, 3.05) is 23.9 Å². The van der Waals surface area contributed by atoms with Gasteiger partial charge in [0.15, 0.2) is 11.5 Å². The Kier molecular flexibility index (Phi) is 5.32. The molecule has 8 nitrogen and oxygen atoms in total. The molecule has 136 valence electrons. The molecule has 2 aromatic rings. The normalized spacial score (nSPS) is 19.7. The summed E-state index contributed by atoms with van der Waals surface area (Å²) in [6.45, 7) is 4.61. The van der Waals surface area contributed by atoms with Crippen molar-refractivity contribution in [2.45, 2.75) is 32.7 Å². The standard InChI is InChI=1S/C17H20N6O2S/c1-10-5-4-6-23(15(10)17(24)25-3)13-9-19-12(8-18)16(20-13)21-14-7-11(2)22-26-14/h7,9-10,15H,4-6H2,1-3H3,(H,20,21). The first-order chi connectivity index (χ1) is 12.5. The second-order valence-electron chi connectivity index (χ2n) is 6.28. The van der Waals surface area contributed by atoms with E-state index in [2.05, 4.69) is 19.7 Å². The molecule has 0 amide bonds. The number of carbonyl (C=O) groups is 1. The number of aryl methyl sites for hydroxylation is 1. The van der Waals surface area contributed by atoms with Crippen LogP contribution in [0.3, 0.4) is 0 Å². The zero-order valence-corrected chi connectivity index (χ0v) is 15.7. The van der Waals surface area contributed by atoms with Crippen LogP contribution in [0.4, 0.5) is 16.6 Å². The monoisotopic (exact) mass is 372 g/mol. The van der Waals surface area contributed by atoms with Crippen LogP contribution in [0.15, 0.2) is 12.3 Å². The molecular formula is C17H20N6O2S. The summed E-state index contributed by atoms with van der Waals surface area (Å²) in [6, 6.07) is 3.51. The SMILES string of the molecule is COC(=O)C1C(C)CCCN1c1cnc(C#N)c(Nc2cc(C)ns2)n1. The average Bonchev–Trinajstić information content (AvgIpc) is 3.05. The van der Waals surface area contributed by atoms with E-state index in [-0.39, 0.29) is 17.6 Å². The number of rotatable bonds is 4. The minimum atomic E-state index is -0.408. The third kappa shape index (κ3) is 3.60. The van der Waals surface area contributed by atoms with E-state index in [1.165, 1.54) is 24.8 Å². The molecule has 2 unspecified atom stereocenters. The zero-order chi connectivity index (χ0) is 18.7. The van der Waals surface area contributed by atoms with E-state index >= 15 is 0 Å². The summed E-state index contributed by atoms with van der Waals surface area (Å²) >= 11 is 1.29. The van der Waals surface area contributed by atoms with Crippen molar-refractivity contribution in [1.82, 2.24) is 14.3 Å². The molecule has 0 saturated carbocycles. The van der Waals surface area contributed by atoms with Crippen LogP contribution in [0.5, 0.6) is 0 Å². The lowest BCUT2D eigenvalue weighted by Crippen LogP contribution is -2.50. The van der Waals surface area contributed by atoms with Gasteiger partial charge in [0.1, 0.15) is 22.9 Å². The number of hydrogen-bond acceptors (Lipinski definition) is 9. The Morgan fingerprint density at radius 2 is 2.35 bits per heavy atom. The predicted octanol–water partition coefficient (Wildman–Crippen LogP) is 2.63. The first kappa shape index (κ1) is 18.1. The average molecular weight is 372 g/mol. The van der Waals surface area contributed by atoms with Gasteiger partial charge >= 0.3 is 5.97 Å². The van der Waals surface area contributed by atoms with E-state index in [0.29, 0.717) is 18.2 Å². The smallest absolute Gasteiger partial charge is 0.328 e. The second-order valence-corrected chi connectivity index (χ2v) is 7.08. The summed E-state index contributed by atoms with van der Waals surface area (Å²) in [5.74, 6) is 0.773. The largest absolute Gasteiger partial charge is 0.467 e. The van der Waals surface area contributed by atoms with Gasteiger partial charge in [-0.05, 0) is 43.3 Å². The molecule has 1 fully saturated rings. The lowest BCUT2D eigenvalue weighted by molar-refractivity contribution is -0.144. The Morgan fingerprint density at radius 1 is 1.54 bits per heavy atom. The second kappa shape index (κ2) is 7.66. The van der Waals surface area contributed by atoms with E-state index in [1.807, 2.05) is 30.9 Å². The number of nitriles is 1. The molecule has 2 atom stereocenters. The van der Waals surface area contributed by atoms with Gasteiger partial charge in [-0.15, -0.1) is 0 Å². The molecular weight excluding hydrogens is 352 g/mol. The molecule has 3 rings (SSSR count). The fraction of sp³-hybridized carbons (Fsp3) is 0.471. The first-order valence-electron chi connectivity index (χ1n) is 8.35. The predicted molar refractivity (Wildman–Crippen MR) is 98.4 cm³/mol. The van der Waals surface area contributed by atoms with Gasteiger partial charge < -0.3 is 15.0 Å². The van der Waals surface area contributed by atoms with E-state index in [4.69, 9.17) is 4.74 Å². The van der Waals surface area contributed by atoms with Gasteiger partial charge in [-0.3, -0.25) is 0 Å². The Bertz CT molecular complexity index is 846. The highest BCUT2D eigenvalue weighted by Crippen LogP contribution is 2.30. The maximum absolute atomic E-state index is 12.3. The molecule has 0 aliphatic carbocycles. The molecule has 1 aliphatic heterocycles. The lowest BCUT2D eigenvalue weighted by Gasteiger charge is -2.38. The third-order valence-electron chi connectivity index (χ3n) is 4.41. The fourth-order valence-corrected chi connectivity index (χ4v) is 3.81. The number of aromatic nitrogens is 3. The van der Waals surface area contributed by atoms with E-state index in [0.717, 1.165) is 23.5 Å². The number of methoxy groups -OCH3 is 1. The number of esters is 1. The Balaban J connectivity index is 1.95. The number of nitrogens with zero attached hydrogens (tertiary/aromatic N) is 5. The minimum Gasteiger partial charge on any atom is -0.467 e. The van der Waals surface area contributed by atoms with Gasteiger partial charge in [0.25, 0.3) is 0 Å². The van der Waals surface area contributed by atoms with Gasteiger partial charge in [0.2, 0.25) is 0 Å². The molecule has 9 heteroatoms. The minimum absolute atomic E-state index is 0.147. The van der Waals surface area contributed by atoms with Crippen LogP contribution in [0.25, 0.3) is 0 Å². The number of ether oxygens (including phenoxy) is 1. The topological polar surface area (TPSA) is 104 Å². The highest BCUT2D eigenvalue weighted by molar-refractivity contribution is 7.10. The summed E-state index contributed by atoms with van der Waals surface area (Å²) in [4.78, 5) is 23.0. The summed E-state index contributed by atoms with van der Waals surface area (Å²) in [7, 11) is 1.39. The van der Waals surface area contributed by atoms with Gasteiger partial charge in [0.05, 0.1) is 19.0 Å². The summed E-state index contributed by atoms with van der Waals surface area (Å²) in [5.41, 5.74) is 1.08. The van der Waals surface area contributed by atoms with Crippen LogP contribution in [-0.2, 0) is 9.53 Å². The molecule has 1 N–H and O–H groups in total. The maximum atomic E-state index is 12.3. The summed E-state index contributed by atoms with van der Waals surface area (Å²) in [6.07, 6.45) is 3.44. The van der Waals surface area contributed by atoms with Crippen molar-refractivity contribution >= 4 is 34.1 Å². The third-order valence-corrected chi connectivity index (χ3v) is 5.20. The van der Waals surface area contributed by atoms with Crippen LogP contribution in [0.2, 0.25) is 0 Å². The molecule has 0 aromatic carbocycles. The molecule has 3 heterocycles. The molecule has 0 radical (unpaired) electrons. The van der Waals surface area contributed by atoms with E-state index in [1.54, 1.807) is 0 Å². The quantitative estimate of drug-likeness (QED) is 0.817. The Morgan fingerprint density at radius 3 is 3.00 bits per heavy atom. The number of carbonyl (C=O) groups excluding carboxylic acids is 1. The van der Waals surface area contributed by atoms with Gasteiger partial charge in [-0.25, -0.2) is 14.8 Å². The fourth-order valence-electron chi connectivity index (χ4n) is 3.15. The molecule has 0 bridgehead atoms. The highest BCUT2D eigenvalue weighted by atomic mass is 32.1. The number of hydrogen-bond donors (Lipinski definition) is 1. The number of nitrogens with one attached hydrogen (secondary N) is 1. The van der Waals surface area contributed by atoms with Crippen LogP contribution in [0.1, 0.15) is 31.2 Å². The zero-order valence-electron chi connectivity index (χ0n) is 14.9. The van der Waals surface area contributed by atoms with Gasteiger partial charge in [0, 0.05) is 6.54 Å². The van der Waals surface area contributed by atoms with Crippen molar-refractivity contribution in [2.24, 2.45) is 5.92 Å². The van der Waals surface area contributed by atoms with Gasteiger partial charge in [-0.1, -0.05) is 6.92 Å². The van der Waals surface area contributed by atoms with Crippen molar-refractivity contribution in [3.05, 3.63) is 23.7 Å². The van der Waals surface area contributed by atoms with Crippen LogP contribution in [0, 0.1) is 24.2 Å². The van der Waals surface area contributed by atoms with Crippen molar-refractivity contribution in [3.63, 3.8) is 0 Å². The van der Waals surface area contributed by atoms with Crippen molar-refractivity contribution < 1.29 is 9.53 Å². The summed E-state index contributed by atoms with van der Waals surface area (Å²) < 4.78 is 9.20. The molecule has 2 aromatic heterocycles. The van der Waals surface area contributed by atoms with E-state index in [9.17, 15) is 10.1 Å². The number of piperidine rings is 1. The van der Waals surface area contributed by atoms with E-state index < -0.39 is 6.04 Å². The van der Waals surface area contributed by atoms with Crippen molar-refractivity contribution in [3.8, 4) is 6.07 Å². The molecule has 1 saturated heterocycles. The van der Waals surface area contributed by atoms with Crippen LogP contribution >= 0.6 is 11.5 Å². The molecule has 1 aliphatic rings. The van der Waals surface area contributed by atoms with Gasteiger partial charge in [-0.2, -0.15) is 9.64 Å². The van der Waals surface area contributed by atoms with Crippen LogP contribution < -0.4 is 10.2 Å². The summed E-state index contributed by atoms with van der Waals surface area (Å²) in [5, 5.41) is 13.2. The molecule has 0 spiro atoms. The van der Waals surface area contributed by atoms with Crippen LogP contribution in [-0.4, -0.2) is 40.0 Å². The lowest BCUT2D eigenvalue weighted by atomic mass is 9.91.